The van der Waals surface area contributed by atoms with Crippen LogP contribution in [0.25, 0.3) is 0 Å². The molecular weight excluding hydrogens is 290 g/mol. The summed E-state index contributed by atoms with van der Waals surface area (Å²) in [6.07, 6.45) is 4.99. The van der Waals surface area contributed by atoms with E-state index in [4.69, 9.17) is 16.0 Å². The molecule has 0 fully saturated rings. The number of hydrogen-bond acceptors (Lipinski definition) is 3. The molecule has 3 rings (SSSR count). The molecule has 0 aliphatic rings. The predicted molar refractivity (Wildman–Crippen MR) is 79.4 cm³/mol. The molecule has 0 bridgehead atoms. The van der Waals surface area contributed by atoms with Gasteiger partial charge in [0.05, 0.1) is 18.4 Å². The van der Waals surface area contributed by atoms with Crippen LogP contribution in [0.5, 0.6) is 0 Å². The Balaban J connectivity index is 1.74. The number of aromatic nitrogens is 2. The molecule has 5 nitrogen and oxygen atoms in total. The number of anilines is 1. The second-order valence-corrected chi connectivity index (χ2v) is 4.81. The van der Waals surface area contributed by atoms with Gasteiger partial charge in [0.25, 0.3) is 5.91 Å². The standard InChI is InChI=1S/C15H12ClN3O2/c16-14-13(5-8-21-14)15(20)18-12-4-1-3-11(9-12)10-19-7-2-6-17-19/h1-9H,10H2,(H,18,20). The van der Waals surface area contributed by atoms with E-state index in [0.717, 1.165) is 5.56 Å². The van der Waals surface area contributed by atoms with Crippen molar-refractivity contribution in [3.8, 4) is 0 Å². The maximum absolute atomic E-state index is 12.1. The molecule has 3 aromatic rings. The van der Waals surface area contributed by atoms with Crippen molar-refractivity contribution in [2.75, 3.05) is 5.32 Å². The van der Waals surface area contributed by atoms with Crippen LogP contribution in [0.1, 0.15) is 15.9 Å². The minimum atomic E-state index is -0.301. The summed E-state index contributed by atoms with van der Waals surface area (Å²) in [6, 6.07) is 11.0. The van der Waals surface area contributed by atoms with Crippen LogP contribution >= 0.6 is 11.6 Å². The van der Waals surface area contributed by atoms with Gasteiger partial charge in [0.1, 0.15) is 0 Å². The summed E-state index contributed by atoms with van der Waals surface area (Å²) in [4.78, 5) is 12.1. The maximum Gasteiger partial charge on any atom is 0.260 e. The van der Waals surface area contributed by atoms with Gasteiger partial charge in [0, 0.05) is 18.1 Å². The van der Waals surface area contributed by atoms with Crippen LogP contribution in [0, 0.1) is 0 Å². The lowest BCUT2D eigenvalue weighted by molar-refractivity contribution is 0.102. The molecule has 0 aliphatic carbocycles. The van der Waals surface area contributed by atoms with Crippen molar-refractivity contribution in [3.63, 3.8) is 0 Å². The molecule has 0 atom stereocenters. The Morgan fingerprint density at radius 1 is 1.33 bits per heavy atom. The molecule has 1 amide bonds. The zero-order valence-electron chi connectivity index (χ0n) is 11.0. The highest BCUT2D eigenvalue weighted by atomic mass is 35.5. The van der Waals surface area contributed by atoms with E-state index in [1.165, 1.54) is 12.3 Å². The number of carbonyl (C=O) groups excluding carboxylic acids is 1. The molecule has 2 aromatic heterocycles. The lowest BCUT2D eigenvalue weighted by Crippen LogP contribution is -2.11. The van der Waals surface area contributed by atoms with E-state index in [1.807, 2.05) is 41.2 Å². The fourth-order valence-corrected chi connectivity index (χ4v) is 2.18. The molecule has 0 aliphatic heterocycles. The van der Waals surface area contributed by atoms with Crippen LogP contribution in [-0.2, 0) is 6.54 Å². The number of halogens is 1. The summed E-state index contributed by atoms with van der Waals surface area (Å²) < 4.78 is 6.72. The third kappa shape index (κ3) is 3.14. The van der Waals surface area contributed by atoms with E-state index in [2.05, 4.69) is 10.4 Å². The van der Waals surface area contributed by atoms with Crippen molar-refractivity contribution in [1.29, 1.82) is 0 Å². The highest BCUT2D eigenvalue weighted by molar-refractivity contribution is 6.32. The Kier molecular flexibility index (Phi) is 3.75. The van der Waals surface area contributed by atoms with Crippen LogP contribution < -0.4 is 5.32 Å². The molecule has 0 unspecified atom stereocenters. The molecular formula is C15H12ClN3O2. The quantitative estimate of drug-likeness (QED) is 0.803. The van der Waals surface area contributed by atoms with Gasteiger partial charge >= 0.3 is 0 Å². The normalized spacial score (nSPS) is 10.5. The second kappa shape index (κ2) is 5.85. The van der Waals surface area contributed by atoms with Crippen LogP contribution in [0.2, 0.25) is 5.22 Å². The first-order valence-electron chi connectivity index (χ1n) is 6.33. The Morgan fingerprint density at radius 2 is 2.24 bits per heavy atom. The van der Waals surface area contributed by atoms with E-state index >= 15 is 0 Å². The van der Waals surface area contributed by atoms with E-state index < -0.39 is 0 Å². The van der Waals surface area contributed by atoms with Gasteiger partial charge in [-0.2, -0.15) is 5.10 Å². The Bertz CT molecular complexity index is 750. The summed E-state index contributed by atoms with van der Waals surface area (Å²) >= 11 is 5.79. The van der Waals surface area contributed by atoms with Crippen molar-refractivity contribution in [1.82, 2.24) is 9.78 Å². The van der Waals surface area contributed by atoms with Crippen molar-refractivity contribution in [2.45, 2.75) is 6.54 Å². The van der Waals surface area contributed by atoms with Crippen LogP contribution in [0.3, 0.4) is 0 Å². The number of nitrogens with zero attached hydrogens (tertiary/aromatic N) is 2. The molecule has 106 valence electrons. The van der Waals surface area contributed by atoms with Crippen LogP contribution in [0.4, 0.5) is 5.69 Å². The Hall–Kier alpha value is -2.53. The average molecular weight is 302 g/mol. The fourth-order valence-electron chi connectivity index (χ4n) is 1.98. The highest BCUT2D eigenvalue weighted by Gasteiger charge is 2.13. The smallest absolute Gasteiger partial charge is 0.260 e. The van der Waals surface area contributed by atoms with Crippen molar-refractivity contribution in [2.24, 2.45) is 0 Å². The highest BCUT2D eigenvalue weighted by Crippen LogP contribution is 2.19. The first-order valence-corrected chi connectivity index (χ1v) is 6.71. The number of nitrogens with one attached hydrogen (secondary N) is 1. The number of benzene rings is 1. The molecule has 0 saturated carbocycles. The van der Waals surface area contributed by atoms with E-state index in [0.29, 0.717) is 17.8 Å². The van der Waals surface area contributed by atoms with Gasteiger partial charge in [-0.15, -0.1) is 0 Å². The molecule has 1 aromatic carbocycles. The number of hydrogen-bond donors (Lipinski definition) is 1. The van der Waals surface area contributed by atoms with Gasteiger partial charge in [-0.3, -0.25) is 9.48 Å². The number of carbonyl (C=O) groups is 1. The summed E-state index contributed by atoms with van der Waals surface area (Å²) in [6.45, 7) is 0.642. The monoisotopic (exact) mass is 301 g/mol. The molecule has 0 saturated heterocycles. The molecule has 21 heavy (non-hydrogen) atoms. The first-order chi connectivity index (χ1) is 10.2. The molecule has 0 radical (unpaired) electrons. The largest absolute Gasteiger partial charge is 0.452 e. The summed E-state index contributed by atoms with van der Waals surface area (Å²) in [5, 5.41) is 7.03. The molecule has 0 spiro atoms. The van der Waals surface area contributed by atoms with Gasteiger partial charge in [-0.05, 0) is 41.4 Å². The first kappa shape index (κ1) is 13.5. The second-order valence-electron chi connectivity index (χ2n) is 4.47. The molecule has 2 heterocycles. The van der Waals surface area contributed by atoms with Crippen molar-refractivity contribution in [3.05, 3.63) is 71.4 Å². The van der Waals surface area contributed by atoms with Gasteiger partial charge < -0.3 is 9.73 Å². The molecule has 6 heteroatoms. The molecule has 1 N–H and O–H groups in total. The summed E-state index contributed by atoms with van der Waals surface area (Å²) in [7, 11) is 0. The minimum Gasteiger partial charge on any atom is -0.452 e. The maximum atomic E-state index is 12.1. The van der Waals surface area contributed by atoms with Gasteiger partial charge in [-0.25, -0.2) is 0 Å². The van der Waals surface area contributed by atoms with Crippen LogP contribution in [0.15, 0.2) is 59.5 Å². The van der Waals surface area contributed by atoms with Crippen molar-refractivity contribution >= 4 is 23.2 Å². The van der Waals surface area contributed by atoms with Crippen molar-refractivity contribution < 1.29 is 9.21 Å². The topological polar surface area (TPSA) is 60.1 Å². The fraction of sp³-hybridized carbons (Fsp3) is 0.0667. The van der Waals surface area contributed by atoms with E-state index in [1.54, 1.807) is 6.20 Å². The minimum absolute atomic E-state index is 0.0835. The average Bonchev–Trinajstić information content (AvgIpc) is 3.10. The zero-order valence-corrected chi connectivity index (χ0v) is 11.7. The SMILES string of the molecule is O=C(Nc1cccc(Cn2cccn2)c1)c1ccoc1Cl. The van der Waals surface area contributed by atoms with Gasteiger partial charge in [0.2, 0.25) is 5.22 Å². The third-order valence-corrected chi connectivity index (χ3v) is 3.24. The van der Waals surface area contributed by atoms with E-state index in [9.17, 15) is 4.79 Å². The third-order valence-electron chi connectivity index (χ3n) is 2.95. The number of amides is 1. The van der Waals surface area contributed by atoms with Gasteiger partial charge in [-0.1, -0.05) is 12.1 Å². The summed E-state index contributed by atoms with van der Waals surface area (Å²) in [5.41, 5.74) is 2.05. The Labute approximate surface area is 126 Å². The van der Waals surface area contributed by atoms with E-state index in [-0.39, 0.29) is 11.1 Å². The van der Waals surface area contributed by atoms with Crippen LogP contribution in [-0.4, -0.2) is 15.7 Å². The number of rotatable bonds is 4. The number of furan rings is 1. The predicted octanol–water partition coefficient (Wildman–Crippen LogP) is 3.43. The zero-order chi connectivity index (χ0) is 14.7. The van der Waals surface area contributed by atoms with Gasteiger partial charge in [0.15, 0.2) is 0 Å². The lowest BCUT2D eigenvalue weighted by atomic mass is 10.2. The lowest BCUT2D eigenvalue weighted by Gasteiger charge is -2.07. The summed E-state index contributed by atoms with van der Waals surface area (Å²) in [5.74, 6) is -0.301. The Morgan fingerprint density at radius 3 is 2.95 bits per heavy atom.